The Labute approximate surface area is 175 Å². The third kappa shape index (κ3) is 5.87. The first kappa shape index (κ1) is 20.5. The molecule has 3 rings (SSSR count). The van der Waals surface area contributed by atoms with Crippen molar-refractivity contribution >= 4 is 40.9 Å². The number of carbonyl (C=O) groups excluding carboxylic acids is 1. The fourth-order valence-corrected chi connectivity index (χ4v) is 4.87. The molecule has 0 bridgehead atoms. The first-order chi connectivity index (χ1) is 13.1. The van der Waals surface area contributed by atoms with Crippen LogP contribution in [0, 0.1) is 0 Å². The van der Waals surface area contributed by atoms with Gasteiger partial charge in [-0.1, -0.05) is 55.0 Å². The van der Waals surface area contributed by atoms with Crippen LogP contribution in [0.4, 0.5) is 0 Å². The van der Waals surface area contributed by atoms with Crippen LogP contribution in [0.2, 0.25) is 10.0 Å². The van der Waals surface area contributed by atoms with E-state index in [0.717, 1.165) is 36.4 Å². The standard InChI is InChI=1S/C21H24Cl2N2OS/c22-18-8-7-9-19(23)20(18)27-15-16-12-17(14-24-13-16)21(26)25-10-5-3-1-2-4-6-11-25/h7-9,12-14H,1-6,10-11,15H2. The van der Waals surface area contributed by atoms with E-state index in [2.05, 4.69) is 4.98 Å². The summed E-state index contributed by atoms with van der Waals surface area (Å²) in [6.07, 6.45) is 10.6. The molecule has 2 heterocycles. The van der Waals surface area contributed by atoms with Crippen molar-refractivity contribution < 1.29 is 4.79 Å². The maximum atomic E-state index is 12.9. The van der Waals surface area contributed by atoms with Gasteiger partial charge in [-0.25, -0.2) is 0 Å². The lowest BCUT2D eigenvalue weighted by molar-refractivity contribution is 0.0752. The molecule has 0 saturated carbocycles. The topological polar surface area (TPSA) is 33.2 Å². The molecule has 27 heavy (non-hydrogen) atoms. The summed E-state index contributed by atoms with van der Waals surface area (Å²) in [6, 6.07) is 7.44. The molecule has 0 unspecified atom stereocenters. The molecule has 1 fully saturated rings. The highest BCUT2D eigenvalue weighted by molar-refractivity contribution is 7.98. The zero-order valence-electron chi connectivity index (χ0n) is 15.3. The van der Waals surface area contributed by atoms with Crippen LogP contribution >= 0.6 is 35.0 Å². The third-order valence-electron chi connectivity index (χ3n) is 4.74. The molecule has 0 aliphatic carbocycles. The summed E-state index contributed by atoms with van der Waals surface area (Å²) in [5.74, 6) is 0.754. The fourth-order valence-electron chi connectivity index (χ4n) is 3.27. The van der Waals surface area contributed by atoms with E-state index in [4.69, 9.17) is 23.2 Å². The molecule has 0 N–H and O–H groups in total. The number of aromatic nitrogens is 1. The van der Waals surface area contributed by atoms with Crippen molar-refractivity contribution in [2.75, 3.05) is 13.1 Å². The largest absolute Gasteiger partial charge is 0.339 e. The van der Waals surface area contributed by atoms with E-state index >= 15 is 0 Å². The molecule has 1 aromatic carbocycles. The van der Waals surface area contributed by atoms with Crippen LogP contribution in [0.15, 0.2) is 41.6 Å². The Morgan fingerprint density at radius 3 is 2.30 bits per heavy atom. The molecule has 6 heteroatoms. The summed E-state index contributed by atoms with van der Waals surface area (Å²) >= 11 is 14.0. The van der Waals surface area contributed by atoms with Crippen molar-refractivity contribution in [2.24, 2.45) is 0 Å². The average Bonchev–Trinajstić information content (AvgIpc) is 2.81. The van der Waals surface area contributed by atoms with Gasteiger partial charge in [0.2, 0.25) is 0 Å². The molecule has 2 aromatic rings. The van der Waals surface area contributed by atoms with Crippen molar-refractivity contribution in [3.8, 4) is 0 Å². The first-order valence-corrected chi connectivity index (χ1v) is 11.2. The van der Waals surface area contributed by atoms with Crippen molar-refractivity contribution in [1.29, 1.82) is 0 Å². The van der Waals surface area contributed by atoms with Gasteiger partial charge < -0.3 is 4.90 Å². The van der Waals surface area contributed by atoms with E-state index in [-0.39, 0.29) is 5.91 Å². The highest BCUT2D eigenvalue weighted by Gasteiger charge is 2.17. The Hall–Kier alpha value is -1.23. The number of rotatable bonds is 4. The molecule has 0 radical (unpaired) electrons. The zero-order valence-corrected chi connectivity index (χ0v) is 17.6. The highest BCUT2D eigenvalue weighted by atomic mass is 35.5. The van der Waals surface area contributed by atoms with Crippen molar-refractivity contribution in [2.45, 2.75) is 49.2 Å². The summed E-state index contributed by atoms with van der Waals surface area (Å²) in [6.45, 7) is 1.68. The van der Waals surface area contributed by atoms with Crippen LogP contribution in [-0.4, -0.2) is 28.9 Å². The lowest BCUT2D eigenvalue weighted by Crippen LogP contribution is -2.32. The Morgan fingerprint density at radius 1 is 1.00 bits per heavy atom. The number of thioether (sulfide) groups is 1. The minimum absolute atomic E-state index is 0.0898. The van der Waals surface area contributed by atoms with E-state index in [0.29, 0.717) is 21.4 Å². The van der Waals surface area contributed by atoms with Crippen molar-refractivity contribution in [3.63, 3.8) is 0 Å². The molecular weight excluding hydrogens is 399 g/mol. The van der Waals surface area contributed by atoms with Gasteiger partial charge in [-0.05, 0) is 36.6 Å². The fraction of sp³-hybridized carbons (Fsp3) is 0.429. The summed E-state index contributed by atoms with van der Waals surface area (Å²) < 4.78 is 0. The van der Waals surface area contributed by atoms with Crippen LogP contribution in [0.1, 0.15) is 54.4 Å². The summed E-state index contributed by atoms with van der Waals surface area (Å²) in [5.41, 5.74) is 1.66. The predicted octanol–water partition coefficient (Wildman–Crippen LogP) is 6.48. The quantitative estimate of drug-likeness (QED) is 0.528. The molecule has 1 saturated heterocycles. The number of amides is 1. The smallest absolute Gasteiger partial charge is 0.255 e. The van der Waals surface area contributed by atoms with Gasteiger partial charge in [-0.3, -0.25) is 9.78 Å². The van der Waals surface area contributed by atoms with Gasteiger partial charge in [0.25, 0.3) is 5.91 Å². The first-order valence-electron chi connectivity index (χ1n) is 9.45. The highest BCUT2D eigenvalue weighted by Crippen LogP contribution is 2.35. The molecule has 144 valence electrons. The second-order valence-electron chi connectivity index (χ2n) is 6.83. The van der Waals surface area contributed by atoms with Crippen LogP contribution in [-0.2, 0) is 5.75 Å². The predicted molar refractivity (Wildman–Crippen MR) is 114 cm³/mol. The SMILES string of the molecule is O=C(c1cncc(CSc2c(Cl)cccc2Cl)c1)N1CCCCCCCC1. The van der Waals surface area contributed by atoms with Gasteiger partial charge in [0.05, 0.1) is 15.6 Å². The zero-order chi connectivity index (χ0) is 19.1. The monoisotopic (exact) mass is 422 g/mol. The van der Waals surface area contributed by atoms with E-state index in [1.54, 1.807) is 24.2 Å². The molecule has 0 atom stereocenters. The Kier molecular flexibility index (Phi) is 7.86. The Morgan fingerprint density at radius 2 is 1.63 bits per heavy atom. The molecule has 1 aromatic heterocycles. The summed E-state index contributed by atoms with van der Waals surface area (Å²) in [7, 11) is 0. The summed E-state index contributed by atoms with van der Waals surface area (Å²) in [5, 5.41) is 1.29. The molecule has 1 amide bonds. The number of carbonyl (C=O) groups is 1. The van der Waals surface area contributed by atoms with Crippen molar-refractivity contribution in [3.05, 3.63) is 57.8 Å². The van der Waals surface area contributed by atoms with E-state index in [1.165, 1.54) is 25.7 Å². The number of benzene rings is 1. The van der Waals surface area contributed by atoms with E-state index < -0.39 is 0 Å². The maximum Gasteiger partial charge on any atom is 0.255 e. The van der Waals surface area contributed by atoms with Crippen LogP contribution in [0.3, 0.4) is 0 Å². The van der Waals surface area contributed by atoms with E-state index in [1.807, 2.05) is 29.2 Å². The second kappa shape index (κ2) is 10.4. The average molecular weight is 423 g/mol. The minimum Gasteiger partial charge on any atom is -0.339 e. The molecule has 1 aliphatic rings. The van der Waals surface area contributed by atoms with Gasteiger partial charge in [0.1, 0.15) is 0 Å². The second-order valence-corrected chi connectivity index (χ2v) is 8.63. The lowest BCUT2D eigenvalue weighted by Gasteiger charge is -2.22. The number of pyridine rings is 1. The molecule has 1 aliphatic heterocycles. The van der Waals surface area contributed by atoms with Gasteiger partial charge in [-0.2, -0.15) is 0 Å². The Balaban J connectivity index is 1.68. The van der Waals surface area contributed by atoms with Crippen LogP contribution < -0.4 is 0 Å². The van der Waals surface area contributed by atoms with Crippen LogP contribution in [0.5, 0.6) is 0 Å². The Bertz CT molecular complexity index is 754. The molecular formula is C21H24Cl2N2OS. The maximum absolute atomic E-state index is 12.9. The van der Waals surface area contributed by atoms with Gasteiger partial charge in [-0.15, -0.1) is 11.8 Å². The normalized spacial score (nSPS) is 15.7. The lowest BCUT2D eigenvalue weighted by atomic mass is 10.1. The van der Waals surface area contributed by atoms with Gasteiger partial charge in [0.15, 0.2) is 0 Å². The number of hydrogen-bond donors (Lipinski definition) is 0. The van der Waals surface area contributed by atoms with E-state index in [9.17, 15) is 4.79 Å². The molecule has 3 nitrogen and oxygen atoms in total. The van der Waals surface area contributed by atoms with Gasteiger partial charge in [0, 0.05) is 36.1 Å². The minimum atomic E-state index is 0.0898. The van der Waals surface area contributed by atoms with Crippen LogP contribution in [0.25, 0.3) is 0 Å². The van der Waals surface area contributed by atoms with Crippen molar-refractivity contribution in [1.82, 2.24) is 9.88 Å². The third-order valence-corrected chi connectivity index (χ3v) is 6.80. The number of nitrogens with zero attached hydrogens (tertiary/aromatic N) is 2. The van der Waals surface area contributed by atoms with Gasteiger partial charge >= 0.3 is 0 Å². The number of halogens is 2. The molecule has 0 spiro atoms. The summed E-state index contributed by atoms with van der Waals surface area (Å²) in [4.78, 5) is 20.1. The number of hydrogen-bond acceptors (Lipinski definition) is 3.